The van der Waals surface area contributed by atoms with Gasteiger partial charge in [0.25, 0.3) is 0 Å². The fourth-order valence-corrected chi connectivity index (χ4v) is 5.60. The van der Waals surface area contributed by atoms with E-state index >= 15 is 0 Å². The van der Waals surface area contributed by atoms with E-state index in [-0.39, 0.29) is 5.41 Å². The van der Waals surface area contributed by atoms with Crippen LogP contribution in [0.25, 0.3) is 27.5 Å². The van der Waals surface area contributed by atoms with E-state index in [9.17, 15) is 0 Å². The first-order valence-corrected chi connectivity index (χ1v) is 10.2. The van der Waals surface area contributed by atoms with Crippen molar-refractivity contribution in [2.45, 2.75) is 19.3 Å². The lowest BCUT2D eigenvalue weighted by molar-refractivity contribution is 0.630. The summed E-state index contributed by atoms with van der Waals surface area (Å²) in [5, 5.41) is 2.63. The Kier molecular flexibility index (Phi) is 2.60. The zero-order chi connectivity index (χ0) is 19.3. The Morgan fingerprint density at radius 3 is 2.17 bits per heavy atom. The van der Waals surface area contributed by atoms with E-state index in [1.165, 1.54) is 55.7 Å². The minimum absolute atomic E-state index is 0.0488. The first-order chi connectivity index (χ1) is 14.2. The Hall–Kier alpha value is -3.52. The molecule has 0 aliphatic carbocycles. The Morgan fingerprint density at radius 1 is 0.586 bits per heavy atom. The molecule has 0 radical (unpaired) electrons. The van der Waals surface area contributed by atoms with Gasteiger partial charge in [0.2, 0.25) is 0 Å². The molecule has 0 spiro atoms. The van der Waals surface area contributed by atoms with Crippen LogP contribution < -0.4 is 4.90 Å². The fraction of sp³-hybridized carbons (Fsp3) is 0.111. The Balaban J connectivity index is 1.77. The summed E-state index contributed by atoms with van der Waals surface area (Å²) >= 11 is 0. The summed E-state index contributed by atoms with van der Waals surface area (Å²) in [6.07, 6.45) is 0. The van der Waals surface area contributed by atoms with Crippen LogP contribution in [0.15, 0.2) is 84.9 Å². The van der Waals surface area contributed by atoms with Gasteiger partial charge < -0.3 is 9.47 Å². The number of rotatable bonds is 0. The molecule has 0 unspecified atom stereocenters. The number of benzene rings is 4. The van der Waals surface area contributed by atoms with Crippen LogP contribution in [0.4, 0.5) is 17.1 Å². The molecule has 4 aromatic carbocycles. The van der Waals surface area contributed by atoms with Gasteiger partial charge in [-0.15, -0.1) is 0 Å². The highest BCUT2D eigenvalue weighted by Crippen LogP contribution is 2.58. The Morgan fingerprint density at radius 2 is 1.24 bits per heavy atom. The van der Waals surface area contributed by atoms with Crippen molar-refractivity contribution in [3.8, 4) is 5.69 Å². The number of aromatic nitrogens is 1. The Labute approximate surface area is 169 Å². The topological polar surface area (TPSA) is 8.17 Å². The van der Waals surface area contributed by atoms with Crippen molar-refractivity contribution in [1.82, 2.24) is 4.57 Å². The lowest BCUT2D eigenvalue weighted by Gasteiger charge is -2.45. The molecule has 0 saturated carbocycles. The summed E-state index contributed by atoms with van der Waals surface area (Å²) in [5.41, 5.74) is 10.4. The summed E-state index contributed by atoms with van der Waals surface area (Å²) in [5.74, 6) is 0. The third-order valence-electron chi connectivity index (χ3n) is 6.89. The quantitative estimate of drug-likeness (QED) is 0.273. The molecule has 2 heteroatoms. The summed E-state index contributed by atoms with van der Waals surface area (Å²) < 4.78 is 2.47. The minimum Gasteiger partial charge on any atom is -0.306 e. The summed E-state index contributed by atoms with van der Waals surface area (Å²) in [7, 11) is 0. The van der Waals surface area contributed by atoms with E-state index in [0.717, 1.165) is 0 Å². The van der Waals surface area contributed by atoms with Gasteiger partial charge in [-0.25, -0.2) is 0 Å². The molecule has 7 rings (SSSR count). The summed E-state index contributed by atoms with van der Waals surface area (Å²) in [6.45, 7) is 4.70. The molecule has 0 fully saturated rings. The highest BCUT2D eigenvalue weighted by molar-refractivity contribution is 6.17. The second-order valence-corrected chi connectivity index (χ2v) is 8.68. The average molecular weight is 372 g/mol. The molecule has 0 bridgehead atoms. The lowest BCUT2D eigenvalue weighted by Crippen LogP contribution is -2.33. The molecule has 2 aliphatic heterocycles. The predicted molar refractivity (Wildman–Crippen MR) is 121 cm³/mol. The fourth-order valence-electron chi connectivity index (χ4n) is 5.60. The molecule has 29 heavy (non-hydrogen) atoms. The van der Waals surface area contributed by atoms with Gasteiger partial charge in [-0.1, -0.05) is 74.5 Å². The monoisotopic (exact) mass is 372 g/mol. The van der Waals surface area contributed by atoms with Crippen molar-refractivity contribution < 1.29 is 0 Å². The molecule has 2 aliphatic rings. The van der Waals surface area contributed by atoms with Crippen LogP contribution in [0.3, 0.4) is 0 Å². The molecular formula is C27H20N2. The standard InChI is InChI=1S/C27H20N2/c1-27(2)19-11-4-6-14-22(19)29-23-15-7-10-18-17-9-3-5-13-21(17)28(25(18)23)24-16-8-12-20(27)26(24)29/h3-16H,1-2H3. The summed E-state index contributed by atoms with van der Waals surface area (Å²) in [4.78, 5) is 2.49. The van der Waals surface area contributed by atoms with Gasteiger partial charge in [0.05, 0.1) is 33.8 Å². The smallest absolute Gasteiger partial charge is 0.0783 e. The highest BCUT2D eigenvalue weighted by atomic mass is 15.2. The van der Waals surface area contributed by atoms with Crippen LogP contribution >= 0.6 is 0 Å². The van der Waals surface area contributed by atoms with Crippen LogP contribution in [0.2, 0.25) is 0 Å². The van der Waals surface area contributed by atoms with Gasteiger partial charge in [-0.3, -0.25) is 0 Å². The Bertz CT molecular complexity index is 1490. The van der Waals surface area contributed by atoms with Crippen molar-refractivity contribution in [3.05, 3.63) is 96.1 Å². The average Bonchev–Trinajstić information content (AvgIpc) is 3.09. The van der Waals surface area contributed by atoms with Crippen LogP contribution in [0.5, 0.6) is 0 Å². The van der Waals surface area contributed by atoms with Crippen LogP contribution in [-0.4, -0.2) is 4.57 Å². The van der Waals surface area contributed by atoms with E-state index in [2.05, 4.69) is 108 Å². The van der Waals surface area contributed by atoms with Gasteiger partial charge in [0.15, 0.2) is 0 Å². The number of para-hydroxylation sites is 4. The maximum absolute atomic E-state index is 2.49. The van der Waals surface area contributed by atoms with Gasteiger partial charge in [-0.2, -0.15) is 0 Å². The number of hydrogen-bond acceptors (Lipinski definition) is 1. The normalized spacial score (nSPS) is 15.4. The zero-order valence-electron chi connectivity index (χ0n) is 16.5. The molecule has 2 nitrogen and oxygen atoms in total. The minimum atomic E-state index is -0.0488. The van der Waals surface area contributed by atoms with Crippen molar-refractivity contribution in [3.63, 3.8) is 0 Å². The first-order valence-electron chi connectivity index (χ1n) is 10.2. The molecule has 1 aromatic heterocycles. The maximum atomic E-state index is 2.49. The van der Waals surface area contributed by atoms with Crippen LogP contribution in [0, 0.1) is 0 Å². The molecule has 0 N–H and O–H groups in total. The number of anilines is 3. The van der Waals surface area contributed by atoms with Crippen molar-refractivity contribution in [1.29, 1.82) is 0 Å². The van der Waals surface area contributed by atoms with E-state index in [1.807, 2.05) is 0 Å². The molecule has 138 valence electrons. The molecule has 5 aromatic rings. The van der Waals surface area contributed by atoms with Crippen LogP contribution in [0.1, 0.15) is 25.0 Å². The SMILES string of the molecule is CC1(C)c2ccccc2N2c3c(cccc31)-n1c3ccccc3c3cccc2c31. The summed E-state index contributed by atoms with van der Waals surface area (Å²) in [6, 6.07) is 31.2. The largest absolute Gasteiger partial charge is 0.306 e. The van der Waals surface area contributed by atoms with E-state index in [4.69, 9.17) is 0 Å². The van der Waals surface area contributed by atoms with E-state index in [1.54, 1.807) is 0 Å². The first kappa shape index (κ1) is 15.4. The molecule has 0 atom stereocenters. The zero-order valence-corrected chi connectivity index (χ0v) is 16.5. The number of fused-ring (bicyclic) bond motifs is 7. The van der Waals surface area contributed by atoms with E-state index < -0.39 is 0 Å². The predicted octanol–water partition coefficient (Wildman–Crippen LogP) is 7.21. The number of nitrogens with zero attached hydrogens (tertiary/aromatic N) is 2. The van der Waals surface area contributed by atoms with Crippen molar-refractivity contribution >= 4 is 38.9 Å². The highest BCUT2D eigenvalue weighted by Gasteiger charge is 2.41. The molecule has 0 amide bonds. The maximum Gasteiger partial charge on any atom is 0.0783 e. The van der Waals surface area contributed by atoms with Gasteiger partial charge in [0, 0.05) is 16.2 Å². The third kappa shape index (κ3) is 1.65. The van der Waals surface area contributed by atoms with Gasteiger partial charge in [-0.05, 0) is 35.4 Å². The van der Waals surface area contributed by atoms with E-state index in [0.29, 0.717) is 0 Å². The third-order valence-corrected chi connectivity index (χ3v) is 6.89. The lowest BCUT2D eigenvalue weighted by atomic mass is 9.73. The molecular weight excluding hydrogens is 352 g/mol. The second-order valence-electron chi connectivity index (χ2n) is 8.68. The van der Waals surface area contributed by atoms with Gasteiger partial charge in [0.1, 0.15) is 0 Å². The van der Waals surface area contributed by atoms with Crippen LogP contribution in [-0.2, 0) is 5.41 Å². The van der Waals surface area contributed by atoms with Crippen molar-refractivity contribution in [2.24, 2.45) is 0 Å². The number of hydrogen-bond donors (Lipinski definition) is 0. The molecule has 3 heterocycles. The second kappa shape index (κ2) is 4.90. The van der Waals surface area contributed by atoms with Gasteiger partial charge >= 0.3 is 0 Å². The van der Waals surface area contributed by atoms with Crippen molar-refractivity contribution in [2.75, 3.05) is 4.90 Å². The molecule has 0 saturated heterocycles.